The predicted octanol–water partition coefficient (Wildman–Crippen LogP) is 4.17. The lowest BCUT2D eigenvalue weighted by molar-refractivity contribution is -0.139. The van der Waals surface area contributed by atoms with Crippen molar-refractivity contribution in [3.63, 3.8) is 0 Å². The van der Waals surface area contributed by atoms with Gasteiger partial charge in [-0.1, -0.05) is 43.0 Å². The number of aryl methyl sites for hydroxylation is 1. The third-order valence-corrected chi connectivity index (χ3v) is 4.00. The van der Waals surface area contributed by atoms with Crippen molar-refractivity contribution in [1.82, 2.24) is 0 Å². The summed E-state index contributed by atoms with van der Waals surface area (Å²) in [5.41, 5.74) is 2.50. The highest BCUT2D eigenvalue weighted by molar-refractivity contribution is 6.10. The van der Waals surface area contributed by atoms with E-state index in [1.54, 1.807) is 32.0 Å². The monoisotopic (exact) mass is 440 g/mol. The Morgan fingerprint density at radius 1 is 0.906 bits per heavy atom. The second-order valence-electron chi connectivity index (χ2n) is 6.91. The smallest absolute Gasteiger partial charge is 0.333 e. The highest BCUT2D eigenvalue weighted by Crippen LogP contribution is 2.26. The van der Waals surface area contributed by atoms with Crippen molar-refractivity contribution in [2.75, 3.05) is 20.3 Å². The van der Waals surface area contributed by atoms with E-state index in [1.807, 2.05) is 19.1 Å². The molecule has 0 radical (unpaired) electrons. The number of benzene rings is 2. The summed E-state index contributed by atoms with van der Waals surface area (Å²) in [5, 5.41) is 10.1. The van der Waals surface area contributed by atoms with Crippen molar-refractivity contribution in [3.05, 3.63) is 83.5 Å². The van der Waals surface area contributed by atoms with Gasteiger partial charge in [0.25, 0.3) is 0 Å². The molecule has 0 heterocycles. The van der Waals surface area contributed by atoms with Crippen molar-refractivity contribution < 1.29 is 33.7 Å². The molecule has 32 heavy (non-hydrogen) atoms. The molecule has 7 nitrogen and oxygen atoms in total. The molecule has 0 aromatic heterocycles. The van der Waals surface area contributed by atoms with Crippen LogP contribution in [0.25, 0.3) is 0 Å². The van der Waals surface area contributed by atoms with Gasteiger partial charge in [0.1, 0.15) is 24.7 Å². The number of hydrogen-bond donors (Lipinski definition) is 1. The molecule has 170 valence electrons. The van der Waals surface area contributed by atoms with Crippen LogP contribution >= 0.6 is 0 Å². The second kappa shape index (κ2) is 12.7. The summed E-state index contributed by atoms with van der Waals surface area (Å²) < 4.78 is 14.6. The molecule has 1 N–H and O–H groups in total. The standard InChI is InChI=1S/C20H20O5.C5H8O2/c1-13(2)20(23)25-11-10-24-16-8-9-17(18(21)12-16)19(22)15-6-4-14(3)5-7-15;1-4(2)5(6)7-3/h4-9,12,21H,1,10-11H2,2-3H3;1H2,2-3H3. The summed E-state index contributed by atoms with van der Waals surface area (Å²) in [5.74, 6) is -0.878. The van der Waals surface area contributed by atoms with Crippen LogP contribution in [0.2, 0.25) is 0 Å². The number of phenols is 1. The van der Waals surface area contributed by atoms with E-state index < -0.39 is 5.97 Å². The summed E-state index contributed by atoms with van der Waals surface area (Å²) in [6, 6.07) is 11.6. The molecule has 0 atom stereocenters. The van der Waals surface area contributed by atoms with E-state index in [4.69, 9.17) is 9.47 Å². The van der Waals surface area contributed by atoms with Gasteiger partial charge in [-0.15, -0.1) is 0 Å². The van der Waals surface area contributed by atoms with E-state index in [-0.39, 0.29) is 36.3 Å². The third-order valence-electron chi connectivity index (χ3n) is 4.00. The number of ketones is 1. The van der Waals surface area contributed by atoms with Crippen LogP contribution in [-0.2, 0) is 19.1 Å². The summed E-state index contributed by atoms with van der Waals surface area (Å²) in [4.78, 5) is 33.8. The van der Waals surface area contributed by atoms with Gasteiger partial charge in [0, 0.05) is 22.8 Å². The Morgan fingerprint density at radius 3 is 1.97 bits per heavy atom. The van der Waals surface area contributed by atoms with Gasteiger partial charge in [-0.2, -0.15) is 0 Å². The Morgan fingerprint density at radius 2 is 1.50 bits per heavy atom. The van der Waals surface area contributed by atoms with Gasteiger partial charge in [-0.3, -0.25) is 4.79 Å². The van der Waals surface area contributed by atoms with E-state index in [1.165, 1.54) is 19.2 Å². The molecule has 2 aromatic carbocycles. The maximum atomic E-state index is 12.4. The highest BCUT2D eigenvalue weighted by Gasteiger charge is 2.14. The minimum absolute atomic E-state index is 0.0660. The van der Waals surface area contributed by atoms with Crippen LogP contribution in [0.5, 0.6) is 11.5 Å². The number of hydrogen-bond acceptors (Lipinski definition) is 7. The first-order valence-corrected chi connectivity index (χ1v) is 9.70. The van der Waals surface area contributed by atoms with Gasteiger partial charge in [0.2, 0.25) is 0 Å². The lowest BCUT2D eigenvalue weighted by Crippen LogP contribution is -2.12. The maximum Gasteiger partial charge on any atom is 0.333 e. The minimum Gasteiger partial charge on any atom is -0.507 e. The predicted molar refractivity (Wildman–Crippen MR) is 121 cm³/mol. The molecule has 7 heteroatoms. The highest BCUT2D eigenvalue weighted by atomic mass is 16.6. The molecule has 0 spiro atoms. The Bertz CT molecular complexity index is 988. The molecule has 0 amide bonds. The third kappa shape index (κ3) is 8.47. The van der Waals surface area contributed by atoms with Gasteiger partial charge in [0.05, 0.1) is 12.7 Å². The normalized spacial score (nSPS) is 9.62. The van der Waals surface area contributed by atoms with Gasteiger partial charge >= 0.3 is 11.9 Å². The Labute approximate surface area is 187 Å². The molecule has 0 aliphatic heterocycles. The van der Waals surface area contributed by atoms with Gasteiger partial charge < -0.3 is 19.3 Å². The number of methoxy groups -OCH3 is 1. The fourth-order valence-corrected chi connectivity index (χ4v) is 2.24. The quantitative estimate of drug-likeness (QED) is 0.285. The maximum absolute atomic E-state index is 12.4. The number of esters is 2. The Balaban J connectivity index is 0.000000633. The molecule has 0 bridgehead atoms. The number of phenolic OH excluding ortho intramolecular Hbond substituents is 1. The van der Waals surface area contributed by atoms with E-state index in [0.717, 1.165) is 5.56 Å². The summed E-state index contributed by atoms with van der Waals surface area (Å²) in [6.07, 6.45) is 0. The lowest BCUT2D eigenvalue weighted by Gasteiger charge is -2.09. The van der Waals surface area contributed by atoms with Crippen molar-refractivity contribution in [1.29, 1.82) is 0 Å². The van der Waals surface area contributed by atoms with Crippen LogP contribution in [0.3, 0.4) is 0 Å². The number of ether oxygens (including phenoxy) is 3. The average Bonchev–Trinajstić information content (AvgIpc) is 2.76. The fourth-order valence-electron chi connectivity index (χ4n) is 2.24. The molecule has 0 aliphatic rings. The van der Waals surface area contributed by atoms with E-state index in [0.29, 0.717) is 22.5 Å². The molecule has 0 unspecified atom stereocenters. The van der Waals surface area contributed by atoms with Crippen LogP contribution in [0.1, 0.15) is 35.3 Å². The van der Waals surface area contributed by atoms with Crippen LogP contribution < -0.4 is 4.74 Å². The van der Waals surface area contributed by atoms with E-state index >= 15 is 0 Å². The molecular formula is C25H28O7. The topological polar surface area (TPSA) is 99.1 Å². The molecule has 0 aliphatic carbocycles. The minimum atomic E-state index is -0.481. The largest absolute Gasteiger partial charge is 0.507 e. The van der Waals surface area contributed by atoms with E-state index in [2.05, 4.69) is 17.9 Å². The Hall–Kier alpha value is -3.87. The average molecular weight is 440 g/mol. The molecule has 0 fully saturated rings. The van der Waals surface area contributed by atoms with Gasteiger partial charge in [-0.05, 0) is 32.9 Å². The van der Waals surface area contributed by atoms with Crippen LogP contribution in [0, 0.1) is 6.92 Å². The zero-order chi connectivity index (χ0) is 24.3. The van der Waals surface area contributed by atoms with Crippen molar-refractivity contribution in [3.8, 4) is 11.5 Å². The van der Waals surface area contributed by atoms with Crippen LogP contribution in [0.15, 0.2) is 66.8 Å². The molecule has 0 saturated heterocycles. The first kappa shape index (κ1) is 26.2. The lowest BCUT2D eigenvalue weighted by atomic mass is 10.0. The zero-order valence-corrected chi connectivity index (χ0v) is 18.8. The number of rotatable bonds is 8. The van der Waals surface area contributed by atoms with Crippen molar-refractivity contribution >= 4 is 17.7 Å². The number of carbonyl (C=O) groups excluding carboxylic acids is 3. The summed E-state index contributed by atoms with van der Waals surface area (Å²) in [7, 11) is 1.33. The fraction of sp³-hybridized carbons (Fsp3) is 0.240. The van der Waals surface area contributed by atoms with Crippen LogP contribution in [0.4, 0.5) is 0 Å². The molecular weight excluding hydrogens is 412 g/mol. The van der Waals surface area contributed by atoms with Crippen LogP contribution in [-0.4, -0.2) is 43.2 Å². The van der Waals surface area contributed by atoms with E-state index in [9.17, 15) is 19.5 Å². The SMILES string of the molecule is C=C(C)C(=O)OC.C=C(C)C(=O)OCCOc1ccc(C(=O)c2ccc(C)cc2)c(O)c1. The first-order valence-electron chi connectivity index (χ1n) is 9.70. The van der Waals surface area contributed by atoms with Crippen molar-refractivity contribution in [2.45, 2.75) is 20.8 Å². The summed E-state index contributed by atoms with van der Waals surface area (Å²) in [6.45, 7) is 12.1. The Kier molecular flexibility index (Phi) is 10.4. The molecule has 0 saturated carbocycles. The van der Waals surface area contributed by atoms with Crippen molar-refractivity contribution in [2.24, 2.45) is 0 Å². The van der Waals surface area contributed by atoms with Gasteiger partial charge in [0.15, 0.2) is 5.78 Å². The van der Waals surface area contributed by atoms with Gasteiger partial charge in [-0.25, -0.2) is 9.59 Å². The zero-order valence-electron chi connectivity index (χ0n) is 18.8. The second-order valence-corrected chi connectivity index (χ2v) is 6.91. The number of aromatic hydroxyl groups is 1. The number of carbonyl (C=O) groups is 3. The molecule has 2 rings (SSSR count). The molecule has 2 aromatic rings. The first-order chi connectivity index (χ1) is 15.1. The summed E-state index contributed by atoms with van der Waals surface area (Å²) >= 11 is 0.